The molecular weight excluding hydrogens is 294 g/mol. The van der Waals surface area contributed by atoms with Crippen molar-refractivity contribution in [2.75, 3.05) is 26.7 Å². The van der Waals surface area contributed by atoms with E-state index in [1.165, 1.54) is 0 Å². The molecule has 1 spiro atoms. The Bertz CT molecular complexity index is 462. The Balaban J connectivity index is 1.49. The largest absolute Gasteiger partial charge is 0.378 e. The first-order valence-corrected chi connectivity index (χ1v) is 8.95. The van der Waals surface area contributed by atoms with Crippen molar-refractivity contribution in [3.8, 4) is 0 Å². The molecule has 0 aromatic rings. The maximum atomic E-state index is 12.5. The molecule has 2 aliphatic carbocycles. The molecule has 3 rings (SSSR count). The van der Waals surface area contributed by atoms with E-state index < -0.39 is 0 Å². The number of nitrogens with one attached hydrogen (secondary N) is 2. The lowest BCUT2D eigenvalue weighted by Crippen LogP contribution is -2.50. The van der Waals surface area contributed by atoms with Crippen LogP contribution in [-0.4, -0.2) is 55.7 Å². The molecule has 2 atom stereocenters. The van der Waals surface area contributed by atoms with Gasteiger partial charge in [0, 0.05) is 32.8 Å². The molecule has 130 valence electrons. The van der Waals surface area contributed by atoms with Crippen LogP contribution in [0.25, 0.3) is 0 Å². The summed E-state index contributed by atoms with van der Waals surface area (Å²) in [4.78, 5) is 26.4. The van der Waals surface area contributed by atoms with Gasteiger partial charge in [0.25, 0.3) is 0 Å². The van der Waals surface area contributed by atoms with E-state index in [-0.39, 0.29) is 29.3 Å². The first-order chi connectivity index (χ1) is 11.1. The molecule has 6 heteroatoms. The second-order valence-electron chi connectivity index (χ2n) is 7.36. The Hall–Kier alpha value is -1.30. The number of hydrogen-bond acceptors (Lipinski definition) is 3. The van der Waals surface area contributed by atoms with Crippen LogP contribution in [0, 0.1) is 11.3 Å². The fraction of sp³-hybridized carbons (Fsp3) is 0.882. The number of rotatable bonds is 4. The Morgan fingerprint density at radius 3 is 2.78 bits per heavy atom. The Morgan fingerprint density at radius 1 is 1.30 bits per heavy atom. The summed E-state index contributed by atoms with van der Waals surface area (Å²) in [7, 11) is 1.66. The van der Waals surface area contributed by atoms with E-state index in [0.717, 1.165) is 58.2 Å². The van der Waals surface area contributed by atoms with Crippen LogP contribution in [0.5, 0.6) is 0 Å². The van der Waals surface area contributed by atoms with Gasteiger partial charge in [-0.2, -0.15) is 0 Å². The number of hydrogen-bond donors (Lipinski definition) is 2. The fourth-order valence-electron chi connectivity index (χ4n) is 4.58. The predicted molar refractivity (Wildman–Crippen MR) is 87.0 cm³/mol. The maximum Gasteiger partial charge on any atom is 0.317 e. The number of urea groups is 1. The van der Waals surface area contributed by atoms with Crippen LogP contribution in [-0.2, 0) is 9.53 Å². The lowest BCUT2D eigenvalue weighted by molar-refractivity contribution is -0.124. The van der Waals surface area contributed by atoms with Crippen LogP contribution in [0.15, 0.2) is 0 Å². The highest BCUT2D eigenvalue weighted by atomic mass is 16.5. The normalized spacial score (nSPS) is 36.1. The first-order valence-electron chi connectivity index (χ1n) is 8.95. The molecule has 2 unspecified atom stereocenters. The van der Waals surface area contributed by atoms with Crippen molar-refractivity contribution >= 4 is 11.9 Å². The Labute approximate surface area is 138 Å². The predicted octanol–water partition coefficient (Wildman–Crippen LogP) is 1.50. The molecule has 2 saturated carbocycles. The quantitative estimate of drug-likeness (QED) is 0.824. The Morgan fingerprint density at radius 2 is 2.09 bits per heavy atom. The summed E-state index contributed by atoms with van der Waals surface area (Å²) in [5.41, 5.74) is 0.285. The van der Waals surface area contributed by atoms with Crippen molar-refractivity contribution in [3.05, 3.63) is 0 Å². The molecular formula is C17H29N3O3. The minimum Gasteiger partial charge on any atom is -0.378 e. The zero-order valence-electron chi connectivity index (χ0n) is 14.3. The SMILES string of the molecule is CCOC1CC2(CCN(C(=O)NC3CCCC3C(=O)NC)C2)C1. The summed E-state index contributed by atoms with van der Waals surface area (Å²) >= 11 is 0. The highest BCUT2D eigenvalue weighted by Gasteiger charge is 2.50. The molecule has 3 aliphatic rings. The van der Waals surface area contributed by atoms with Crippen LogP contribution in [0.1, 0.15) is 45.4 Å². The van der Waals surface area contributed by atoms with Crippen LogP contribution in [0.4, 0.5) is 4.79 Å². The van der Waals surface area contributed by atoms with Gasteiger partial charge < -0.3 is 20.3 Å². The topological polar surface area (TPSA) is 70.7 Å². The monoisotopic (exact) mass is 323 g/mol. The summed E-state index contributed by atoms with van der Waals surface area (Å²) in [6, 6.07) is -0.0147. The van der Waals surface area contributed by atoms with E-state index in [0.29, 0.717) is 6.10 Å². The second kappa shape index (κ2) is 6.67. The van der Waals surface area contributed by atoms with Crippen LogP contribution in [0.3, 0.4) is 0 Å². The van der Waals surface area contributed by atoms with Gasteiger partial charge in [-0.3, -0.25) is 4.79 Å². The van der Waals surface area contributed by atoms with Gasteiger partial charge in [0.2, 0.25) is 5.91 Å². The standard InChI is InChI=1S/C17H29N3O3/c1-3-23-12-9-17(10-12)7-8-20(11-17)16(22)19-14-6-4-5-13(14)15(21)18-2/h12-14H,3-11H2,1-2H3,(H,18,21)(H,19,22). The van der Waals surface area contributed by atoms with E-state index >= 15 is 0 Å². The third-order valence-electron chi connectivity index (χ3n) is 5.86. The summed E-state index contributed by atoms with van der Waals surface area (Å²) in [6.07, 6.45) is 6.38. The molecule has 0 aromatic carbocycles. The third kappa shape index (κ3) is 3.32. The maximum absolute atomic E-state index is 12.5. The molecule has 3 fully saturated rings. The van der Waals surface area contributed by atoms with Crippen molar-refractivity contribution in [3.63, 3.8) is 0 Å². The fourth-order valence-corrected chi connectivity index (χ4v) is 4.58. The van der Waals surface area contributed by atoms with Crippen molar-refractivity contribution in [1.82, 2.24) is 15.5 Å². The number of carbonyl (C=O) groups excluding carboxylic acids is 2. The molecule has 3 amide bonds. The Kier molecular flexibility index (Phi) is 4.80. The number of carbonyl (C=O) groups is 2. The van der Waals surface area contributed by atoms with Gasteiger partial charge in [-0.05, 0) is 44.4 Å². The molecule has 1 aliphatic heterocycles. The minimum atomic E-state index is -0.0773. The van der Waals surface area contributed by atoms with Gasteiger partial charge >= 0.3 is 6.03 Å². The molecule has 0 bridgehead atoms. The van der Waals surface area contributed by atoms with Crippen LogP contribution < -0.4 is 10.6 Å². The van der Waals surface area contributed by atoms with Gasteiger partial charge in [0.05, 0.1) is 12.0 Å². The van der Waals surface area contributed by atoms with Crippen molar-refractivity contribution in [1.29, 1.82) is 0 Å². The van der Waals surface area contributed by atoms with Crippen LogP contribution >= 0.6 is 0 Å². The van der Waals surface area contributed by atoms with E-state index in [4.69, 9.17) is 4.74 Å². The van der Waals surface area contributed by atoms with E-state index in [9.17, 15) is 9.59 Å². The van der Waals surface area contributed by atoms with Gasteiger partial charge in [0.1, 0.15) is 0 Å². The smallest absolute Gasteiger partial charge is 0.317 e. The summed E-state index contributed by atoms with van der Waals surface area (Å²) < 4.78 is 5.66. The molecule has 1 heterocycles. The summed E-state index contributed by atoms with van der Waals surface area (Å²) in [6.45, 7) is 4.46. The number of ether oxygens (including phenoxy) is 1. The summed E-state index contributed by atoms with van der Waals surface area (Å²) in [5, 5.41) is 5.81. The highest BCUT2D eigenvalue weighted by Crippen LogP contribution is 2.49. The average molecular weight is 323 g/mol. The van der Waals surface area contributed by atoms with Crippen molar-refractivity contribution < 1.29 is 14.3 Å². The van der Waals surface area contributed by atoms with Crippen LogP contribution in [0.2, 0.25) is 0 Å². The van der Waals surface area contributed by atoms with Gasteiger partial charge in [-0.25, -0.2) is 4.79 Å². The molecule has 0 aromatic heterocycles. The van der Waals surface area contributed by atoms with Gasteiger partial charge in [0.15, 0.2) is 0 Å². The van der Waals surface area contributed by atoms with Gasteiger partial charge in [-0.15, -0.1) is 0 Å². The van der Waals surface area contributed by atoms with Crippen molar-refractivity contribution in [2.24, 2.45) is 11.3 Å². The molecule has 0 radical (unpaired) electrons. The highest BCUT2D eigenvalue weighted by molar-refractivity contribution is 5.81. The van der Waals surface area contributed by atoms with Gasteiger partial charge in [-0.1, -0.05) is 6.42 Å². The zero-order chi connectivity index (χ0) is 16.4. The zero-order valence-corrected chi connectivity index (χ0v) is 14.3. The molecule has 23 heavy (non-hydrogen) atoms. The lowest BCUT2D eigenvalue weighted by atomic mass is 9.66. The molecule has 6 nitrogen and oxygen atoms in total. The minimum absolute atomic E-state index is 0.00235. The second-order valence-corrected chi connectivity index (χ2v) is 7.36. The number of likely N-dealkylation sites (tertiary alicyclic amines) is 1. The van der Waals surface area contributed by atoms with Crippen molar-refractivity contribution in [2.45, 2.75) is 57.6 Å². The number of nitrogens with zero attached hydrogens (tertiary/aromatic N) is 1. The summed E-state index contributed by atoms with van der Waals surface area (Å²) in [5.74, 6) is -0.0317. The lowest BCUT2D eigenvalue weighted by Gasteiger charge is -2.44. The van der Waals surface area contributed by atoms with E-state index in [1.54, 1.807) is 7.05 Å². The molecule has 1 saturated heterocycles. The van der Waals surface area contributed by atoms with E-state index in [2.05, 4.69) is 10.6 Å². The third-order valence-corrected chi connectivity index (χ3v) is 5.86. The average Bonchev–Trinajstić information content (AvgIpc) is 3.13. The number of amides is 3. The molecule has 2 N–H and O–H groups in total. The van der Waals surface area contributed by atoms with E-state index in [1.807, 2.05) is 11.8 Å². The first kappa shape index (κ1) is 16.6.